The molecule has 228 valence electrons. The number of benzene rings is 3. The van der Waals surface area contributed by atoms with Crippen molar-refractivity contribution in [1.29, 1.82) is 0 Å². The molecule has 0 aliphatic rings. The molecular weight excluding hydrogens is 548 g/mol. The molecule has 3 aromatic carbocycles. The lowest BCUT2D eigenvalue weighted by molar-refractivity contribution is -0.128. The van der Waals surface area contributed by atoms with Crippen molar-refractivity contribution >= 4 is 35.4 Å². The number of carbonyl (C=O) groups is 3. The van der Waals surface area contributed by atoms with Crippen LogP contribution in [0.25, 0.3) is 6.08 Å². The molecule has 0 aromatic heterocycles. The van der Waals surface area contributed by atoms with Gasteiger partial charge in [0.05, 0.1) is 30.9 Å². The first-order valence-corrected chi connectivity index (χ1v) is 14.6. The summed E-state index contributed by atoms with van der Waals surface area (Å²) in [6, 6.07) is 18.3. The van der Waals surface area contributed by atoms with Crippen molar-refractivity contribution in [3.63, 3.8) is 0 Å². The maximum absolute atomic E-state index is 12.3. The first-order valence-electron chi connectivity index (χ1n) is 14.6. The van der Waals surface area contributed by atoms with E-state index in [0.29, 0.717) is 47.7 Å². The summed E-state index contributed by atoms with van der Waals surface area (Å²) in [5.41, 5.74) is 13.6. The maximum atomic E-state index is 12.3. The number of rotatable bonds is 17. The first kappa shape index (κ1) is 32.7. The summed E-state index contributed by atoms with van der Waals surface area (Å²) >= 11 is 0. The Morgan fingerprint density at radius 1 is 0.651 bits per heavy atom. The first-order chi connectivity index (χ1) is 20.8. The summed E-state index contributed by atoms with van der Waals surface area (Å²) in [6.07, 6.45) is 9.48. The van der Waals surface area contributed by atoms with Crippen LogP contribution in [0.5, 0.6) is 11.5 Å². The third-order valence-electron chi connectivity index (χ3n) is 6.34. The predicted molar refractivity (Wildman–Crippen MR) is 167 cm³/mol. The molecule has 43 heavy (non-hydrogen) atoms. The van der Waals surface area contributed by atoms with Gasteiger partial charge in [0.25, 0.3) is 0 Å². The van der Waals surface area contributed by atoms with E-state index >= 15 is 0 Å². The Bertz CT molecular complexity index is 1330. The molecule has 0 bridgehead atoms. The summed E-state index contributed by atoms with van der Waals surface area (Å²) in [5.74, 6) is -0.263. The monoisotopic (exact) mass is 588 g/mol. The molecular formula is C34H40N2O7. The SMILES string of the molecule is CCCCCCOc1ccc(OC(=O)C=Cc2ccc(C(=O)OCCCCCOC(=O)c3cc(N)cc(N)c3)cc2)cc1. The van der Waals surface area contributed by atoms with Gasteiger partial charge in [0.15, 0.2) is 0 Å². The summed E-state index contributed by atoms with van der Waals surface area (Å²) < 4.78 is 21.6. The van der Waals surface area contributed by atoms with Crippen molar-refractivity contribution in [2.24, 2.45) is 0 Å². The summed E-state index contributed by atoms with van der Waals surface area (Å²) in [6.45, 7) is 3.33. The fourth-order valence-electron chi connectivity index (χ4n) is 4.04. The molecule has 0 spiro atoms. The minimum atomic E-state index is -0.513. The predicted octanol–water partition coefficient (Wildman–Crippen LogP) is 6.61. The molecule has 0 atom stereocenters. The Labute approximate surface area is 252 Å². The van der Waals surface area contributed by atoms with E-state index in [4.69, 9.17) is 30.4 Å². The zero-order valence-electron chi connectivity index (χ0n) is 24.6. The number of carbonyl (C=O) groups excluding carboxylic acids is 3. The van der Waals surface area contributed by atoms with Crippen LogP contribution in [0.4, 0.5) is 11.4 Å². The van der Waals surface area contributed by atoms with Gasteiger partial charge in [-0.15, -0.1) is 0 Å². The van der Waals surface area contributed by atoms with Crippen molar-refractivity contribution in [2.75, 3.05) is 31.3 Å². The van der Waals surface area contributed by atoms with E-state index in [1.807, 2.05) is 0 Å². The summed E-state index contributed by atoms with van der Waals surface area (Å²) in [4.78, 5) is 36.6. The van der Waals surface area contributed by atoms with Gasteiger partial charge in [-0.05, 0) is 91.9 Å². The van der Waals surface area contributed by atoms with Crippen LogP contribution in [0.15, 0.2) is 72.8 Å². The van der Waals surface area contributed by atoms with E-state index in [-0.39, 0.29) is 13.2 Å². The zero-order chi connectivity index (χ0) is 30.9. The number of hydrogen-bond donors (Lipinski definition) is 2. The average molecular weight is 589 g/mol. The summed E-state index contributed by atoms with van der Waals surface area (Å²) in [5, 5.41) is 0. The van der Waals surface area contributed by atoms with Crippen LogP contribution >= 0.6 is 0 Å². The lowest BCUT2D eigenvalue weighted by Crippen LogP contribution is -2.09. The second-order valence-electron chi connectivity index (χ2n) is 9.98. The van der Waals surface area contributed by atoms with E-state index in [2.05, 4.69) is 6.92 Å². The van der Waals surface area contributed by atoms with E-state index in [1.165, 1.54) is 31.1 Å². The fourth-order valence-corrected chi connectivity index (χ4v) is 4.04. The van der Waals surface area contributed by atoms with Gasteiger partial charge >= 0.3 is 17.9 Å². The number of esters is 3. The van der Waals surface area contributed by atoms with Crippen LogP contribution in [0, 0.1) is 0 Å². The molecule has 0 saturated carbocycles. The average Bonchev–Trinajstić information content (AvgIpc) is 3.00. The Morgan fingerprint density at radius 2 is 1.21 bits per heavy atom. The third-order valence-corrected chi connectivity index (χ3v) is 6.34. The van der Waals surface area contributed by atoms with Gasteiger partial charge in [-0.3, -0.25) is 0 Å². The van der Waals surface area contributed by atoms with Gasteiger partial charge in [0.1, 0.15) is 11.5 Å². The van der Waals surface area contributed by atoms with E-state index in [1.54, 1.807) is 60.7 Å². The fraction of sp³-hybridized carbons (Fsp3) is 0.324. The van der Waals surface area contributed by atoms with Crippen molar-refractivity contribution in [3.8, 4) is 11.5 Å². The normalized spacial score (nSPS) is 10.8. The Balaban J connectivity index is 1.30. The molecule has 0 aliphatic heterocycles. The Hall–Kier alpha value is -4.79. The summed E-state index contributed by atoms with van der Waals surface area (Å²) in [7, 11) is 0. The van der Waals surface area contributed by atoms with Crippen molar-refractivity contribution in [1.82, 2.24) is 0 Å². The number of nitrogen functional groups attached to an aromatic ring is 2. The van der Waals surface area contributed by atoms with Gasteiger partial charge < -0.3 is 30.4 Å². The van der Waals surface area contributed by atoms with Gasteiger partial charge in [-0.2, -0.15) is 0 Å². The molecule has 3 rings (SSSR count). The highest BCUT2D eigenvalue weighted by atomic mass is 16.5. The molecule has 0 fully saturated rings. The largest absolute Gasteiger partial charge is 0.494 e. The van der Waals surface area contributed by atoms with E-state index < -0.39 is 17.9 Å². The van der Waals surface area contributed by atoms with Crippen LogP contribution in [-0.2, 0) is 14.3 Å². The second-order valence-corrected chi connectivity index (χ2v) is 9.98. The standard InChI is InChI=1S/C34H40N2O7/c1-2-3-4-6-19-40-30-14-16-31(17-15-30)43-32(37)18-11-25-9-12-26(13-10-25)33(38)41-20-7-5-8-21-42-34(39)27-22-28(35)24-29(36)23-27/h9-18,22-24H,2-8,19-21,35-36H2,1H3. The minimum absolute atomic E-state index is 0.241. The second kappa shape index (κ2) is 17.9. The lowest BCUT2D eigenvalue weighted by Gasteiger charge is -2.07. The van der Waals surface area contributed by atoms with E-state index in [0.717, 1.165) is 30.6 Å². The number of nitrogens with two attached hydrogens (primary N) is 2. The van der Waals surface area contributed by atoms with Gasteiger partial charge in [-0.1, -0.05) is 38.3 Å². The van der Waals surface area contributed by atoms with Crippen molar-refractivity contribution < 1.29 is 33.3 Å². The van der Waals surface area contributed by atoms with Gasteiger partial charge in [0.2, 0.25) is 0 Å². The van der Waals surface area contributed by atoms with Gasteiger partial charge in [-0.25, -0.2) is 14.4 Å². The number of anilines is 2. The van der Waals surface area contributed by atoms with Gasteiger partial charge in [0, 0.05) is 17.5 Å². The van der Waals surface area contributed by atoms with Crippen LogP contribution in [0.1, 0.15) is 78.1 Å². The molecule has 9 heteroatoms. The lowest BCUT2D eigenvalue weighted by atomic mass is 10.1. The molecule has 0 aliphatic carbocycles. The van der Waals surface area contributed by atoms with Crippen molar-refractivity contribution in [3.05, 3.63) is 89.5 Å². The maximum Gasteiger partial charge on any atom is 0.338 e. The van der Waals surface area contributed by atoms with E-state index in [9.17, 15) is 14.4 Å². The molecule has 3 aromatic rings. The Kier molecular flexibility index (Phi) is 13.6. The molecule has 0 heterocycles. The third kappa shape index (κ3) is 12.3. The molecule has 4 N–H and O–H groups in total. The highest BCUT2D eigenvalue weighted by molar-refractivity contribution is 5.92. The number of unbranched alkanes of at least 4 members (excludes halogenated alkanes) is 5. The quantitative estimate of drug-likeness (QED) is 0.0586. The zero-order valence-corrected chi connectivity index (χ0v) is 24.6. The molecule has 0 radical (unpaired) electrons. The minimum Gasteiger partial charge on any atom is -0.494 e. The Morgan fingerprint density at radius 3 is 1.84 bits per heavy atom. The molecule has 0 saturated heterocycles. The van der Waals surface area contributed by atoms with Crippen molar-refractivity contribution in [2.45, 2.75) is 51.9 Å². The molecule has 0 unspecified atom stereocenters. The van der Waals surface area contributed by atoms with Crippen LogP contribution in [0.2, 0.25) is 0 Å². The highest BCUT2D eigenvalue weighted by Crippen LogP contribution is 2.19. The van der Waals surface area contributed by atoms with Crippen LogP contribution in [-0.4, -0.2) is 37.7 Å². The number of ether oxygens (including phenoxy) is 4. The van der Waals surface area contributed by atoms with Crippen LogP contribution < -0.4 is 20.9 Å². The molecule has 9 nitrogen and oxygen atoms in total. The van der Waals surface area contributed by atoms with Crippen LogP contribution in [0.3, 0.4) is 0 Å². The molecule has 0 amide bonds. The number of hydrogen-bond acceptors (Lipinski definition) is 9. The highest BCUT2D eigenvalue weighted by Gasteiger charge is 2.10. The smallest absolute Gasteiger partial charge is 0.338 e. The topological polar surface area (TPSA) is 140 Å².